The summed E-state index contributed by atoms with van der Waals surface area (Å²) in [6, 6.07) is 15.2. The summed E-state index contributed by atoms with van der Waals surface area (Å²) < 4.78 is 31.3. The first-order valence-electron chi connectivity index (χ1n) is 7.20. The van der Waals surface area contributed by atoms with Gasteiger partial charge in [0, 0.05) is 11.3 Å². The number of aromatic nitrogens is 2. The summed E-state index contributed by atoms with van der Waals surface area (Å²) in [6.07, 6.45) is 0. The Balaban J connectivity index is 1.69. The van der Waals surface area contributed by atoms with Crippen molar-refractivity contribution in [3.05, 3.63) is 71.8 Å². The van der Waals surface area contributed by atoms with E-state index in [0.29, 0.717) is 16.3 Å². The maximum atomic E-state index is 13.2. The van der Waals surface area contributed by atoms with Crippen LogP contribution in [0.25, 0.3) is 11.3 Å². The van der Waals surface area contributed by atoms with Crippen LogP contribution in [-0.2, 0) is 5.75 Å². The van der Waals surface area contributed by atoms with Gasteiger partial charge in [0.2, 0.25) is 0 Å². The normalized spacial score (nSPS) is 10.6. The molecule has 1 heterocycles. The second-order valence-electron chi connectivity index (χ2n) is 5.03. The van der Waals surface area contributed by atoms with Crippen molar-refractivity contribution in [3.8, 4) is 17.0 Å². The monoisotopic (exact) mass is 344 g/mol. The minimum atomic E-state index is -0.841. The van der Waals surface area contributed by atoms with Gasteiger partial charge in [-0.15, -0.1) is 10.2 Å². The highest BCUT2D eigenvalue weighted by atomic mass is 32.2. The first kappa shape index (κ1) is 16.4. The molecule has 0 saturated carbocycles. The Morgan fingerprint density at radius 1 is 0.958 bits per heavy atom. The van der Waals surface area contributed by atoms with Gasteiger partial charge in [0.1, 0.15) is 10.8 Å². The Kier molecular flexibility index (Phi) is 5.05. The average molecular weight is 344 g/mol. The van der Waals surface area contributed by atoms with Gasteiger partial charge in [-0.3, -0.25) is 0 Å². The lowest BCUT2D eigenvalue weighted by molar-refractivity contribution is 0.415. The van der Waals surface area contributed by atoms with Gasteiger partial charge in [0.15, 0.2) is 11.6 Å². The molecule has 0 amide bonds. The number of nitrogens with zero attached hydrogens (tertiary/aromatic N) is 2. The van der Waals surface area contributed by atoms with Crippen molar-refractivity contribution in [2.75, 3.05) is 7.11 Å². The largest absolute Gasteiger partial charge is 0.497 e. The third kappa shape index (κ3) is 3.89. The molecule has 122 valence electrons. The molecule has 0 radical (unpaired) electrons. The van der Waals surface area contributed by atoms with Gasteiger partial charge in [0.25, 0.3) is 0 Å². The van der Waals surface area contributed by atoms with Crippen LogP contribution in [-0.4, -0.2) is 17.3 Å². The van der Waals surface area contributed by atoms with E-state index in [9.17, 15) is 8.78 Å². The van der Waals surface area contributed by atoms with Crippen molar-refractivity contribution in [1.29, 1.82) is 0 Å². The molecule has 0 N–H and O–H groups in total. The number of halogens is 2. The van der Waals surface area contributed by atoms with Crippen molar-refractivity contribution in [3.63, 3.8) is 0 Å². The van der Waals surface area contributed by atoms with E-state index in [2.05, 4.69) is 10.2 Å². The lowest BCUT2D eigenvalue weighted by atomic mass is 10.1. The summed E-state index contributed by atoms with van der Waals surface area (Å²) in [4.78, 5) is 0. The van der Waals surface area contributed by atoms with Crippen molar-refractivity contribution < 1.29 is 13.5 Å². The van der Waals surface area contributed by atoms with Crippen LogP contribution < -0.4 is 4.74 Å². The number of thioether (sulfide) groups is 1. The molecule has 0 saturated heterocycles. The summed E-state index contributed by atoms with van der Waals surface area (Å²) in [6.45, 7) is 0. The van der Waals surface area contributed by atoms with Crippen LogP contribution in [0.2, 0.25) is 0 Å². The lowest BCUT2D eigenvalue weighted by Crippen LogP contribution is -1.92. The average Bonchev–Trinajstić information content (AvgIpc) is 2.63. The first-order chi connectivity index (χ1) is 11.7. The van der Waals surface area contributed by atoms with Gasteiger partial charge >= 0.3 is 0 Å². The van der Waals surface area contributed by atoms with Crippen molar-refractivity contribution in [1.82, 2.24) is 10.2 Å². The molecule has 0 atom stereocenters. The number of hydrogen-bond donors (Lipinski definition) is 0. The highest BCUT2D eigenvalue weighted by molar-refractivity contribution is 7.98. The van der Waals surface area contributed by atoms with E-state index in [1.807, 2.05) is 36.4 Å². The van der Waals surface area contributed by atoms with Crippen LogP contribution in [0, 0.1) is 11.6 Å². The predicted octanol–water partition coefficient (Wildman–Crippen LogP) is 4.72. The SMILES string of the molecule is COc1cccc(-c2ccc(SCc3ccc(F)c(F)c3)nn2)c1. The van der Waals surface area contributed by atoms with Crippen LogP contribution in [0.15, 0.2) is 59.6 Å². The van der Waals surface area contributed by atoms with E-state index in [-0.39, 0.29) is 0 Å². The van der Waals surface area contributed by atoms with Gasteiger partial charge in [-0.05, 0) is 42.0 Å². The van der Waals surface area contributed by atoms with Gasteiger partial charge < -0.3 is 4.74 Å². The standard InChI is InChI=1S/C18H14F2N2OS/c1-23-14-4-2-3-13(10-14)17-7-8-18(22-21-17)24-11-12-5-6-15(19)16(20)9-12/h2-10H,11H2,1H3. The number of methoxy groups -OCH3 is 1. The van der Waals surface area contributed by atoms with Crippen LogP contribution in [0.1, 0.15) is 5.56 Å². The zero-order chi connectivity index (χ0) is 16.9. The van der Waals surface area contributed by atoms with Crippen molar-refractivity contribution in [2.24, 2.45) is 0 Å². The molecule has 0 aliphatic rings. The summed E-state index contributed by atoms with van der Waals surface area (Å²) >= 11 is 1.41. The zero-order valence-electron chi connectivity index (χ0n) is 12.9. The molecular formula is C18H14F2N2OS. The third-order valence-corrected chi connectivity index (χ3v) is 4.37. The fourth-order valence-corrected chi connectivity index (χ4v) is 2.88. The number of ether oxygens (including phenoxy) is 1. The summed E-state index contributed by atoms with van der Waals surface area (Å²) in [5.41, 5.74) is 2.35. The highest BCUT2D eigenvalue weighted by Crippen LogP contribution is 2.25. The third-order valence-electron chi connectivity index (χ3n) is 3.38. The molecule has 0 aliphatic heterocycles. The van der Waals surface area contributed by atoms with Crippen LogP contribution >= 0.6 is 11.8 Å². The fraction of sp³-hybridized carbons (Fsp3) is 0.111. The Morgan fingerprint density at radius 3 is 2.54 bits per heavy atom. The van der Waals surface area contributed by atoms with Crippen LogP contribution in [0.5, 0.6) is 5.75 Å². The molecule has 0 spiro atoms. The second-order valence-corrected chi connectivity index (χ2v) is 6.02. The van der Waals surface area contributed by atoms with Crippen molar-refractivity contribution >= 4 is 11.8 Å². The maximum absolute atomic E-state index is 13.2. The van der Waals surface area contributed by atoms with E-state index in [1.54, 1.807) is 13.2 Å². The molecule has 2 aromatic carbocycles. The quantitative estimate of drug-likeness (QED) is 0.627. The Labute approximate surface area is 142 Å². The van der Waals surface area contributed by atoms with Crippen LogP contribution in [0.4, 0.5) is 8.78 Å². The number of hydrogen-bond acceptors (Lipinski definition) is 4. The minimum Gasteiger partial charge on any atom is -0.497 e. The van der Waals surface area contributed by atoms with Gasteiger partial charge in [-0.1, -0.05) is 30.0 Å². The molecule has 1 aromatic heterocycles. The van der Waals surface area contributed by atoms with E-state index in [4.69, 9.17) is 4.74 Å². The van der Waals surface area contributed by atoms with Gasteiger partial charge in [0.05, 0.1) is 12.8 Å². The summed E-state index contributed by atoms with van der Waals surface area (Å²) in [5.74, 6) is -0.436. The Bertz CT molecular complexity index is 841. The number of benzene rings is 2. The smallest absolute Gasteiger partial charge is 0.159 e. The molecule has 6 heteroatoms. The molecule has 0 fully saturated rings. The van der Waals surface area contributed by atoms with Crippen LogP contribution in [0.3, 0.4) is 0 Å². The zero-order valence-corrected chi connectivity index (χ0v) is 13.7. The summed E-state index contributed by atoms with van der Waals surface area (Å²) in [7, 11) is 1.61. The van der Waals surface area contributed by atoms with E-state index >= 15 is 0 Å². The lowest BCUT2D eigenvalue weighted by Gasteiger charge is -2.05. The van der Waals surface area contributed by atoms with E-state index in [1.165, 1.54) is 17.8 Å². The first-order valence-corrected chi connectivity index (χ1v) is 8.19. The highest BCUT2D eigenvalue weighted by Gasteiger charge is 2.06. The molecule has 0 unspecified atom stereocenters. The number of rotatable bonds is 5. The van der Waals surface area contributed by atoms with Gasteiger partial charge in [-0.2, -0.15) is 0 Å². The molecule has 3 aromatic rings. The molecule has 3 rings (SSSR count). The van der Waals surface area contributed by atoms with Gasteiger partial charge in [-0.25, -0.2) is 8.78 Å². The molecular weight excluding hydrogens is 330 g/mol. The topological polar surface area (TPSA) is 35.0 Å². The van der Waals surface area contributed by atoms with Crippen molar-refractivity contribution in [2.45, 2.75) is 10.8 Å². The Hall–Kier alpha value is -2.47. The Morgan fingerprint density at radius 2 is 1.83 bits per heavy atom. The minimum absolute atomic E-state index is 0.490. The molecule has 0 bridgehead atoms. The maximum Gasteiger partial charge on any atom is 0.159 e. The fourth-order valence-electron chi connectivity index (χ4n) is 2.12. The second kappa shape index (κ2) is 7.40. The van der Waals surface area contributed by atoms with E-state index in [0.717, 1.165) is 23.1 Å². The van der Waals surface area contributed by atoms with E-state index < -0.39 is 11.6 Å². The summed E-state index contributed by atoms with van der Waals surface area (Å²) in [5, 5.41) is 9.09. The predicted molar refractivity (Wildman–Crippen MR) is 89.9 cm³/mol. The molecule has 0 aliphatic carbocycles. The molecule has 24 heavy (non-hydrogen) atoms. The molecule has 3 nitrogen and oxygen atoms in total.